The number of nitrogens with zero attached hydrogens (tertiary/aromatic N) is 3. The Morgan fingerprint density at radius 3 is 2.33 bits per heavy atom. The largest absolute Gasteiger partial charge is 0.444 e. The van der Waals surface area contributed by atoms with Crippen molar-refractivity contribution in [3.05, 3.63) is 27.9 Å². The lowest BCUT2D eigenvalue weighted by Crippen LogP contribution is -2.52. The van der Waals surface area contributed by atoms with Gasteiger partial charge in [0, 0.05) is 31.6 Å². The summed E-state index contributed by atoms with van der Waals surface area (Å²) in [5.74, 6) is -0.0432. The lowest BCUT2D eigenvalue weighted by atomic mass is 10.1. The van der Waals surface area contributed by atoms with Crippen LogP contribution in [0.3, 0.4) is 0 Å². The Morgan fingerprint density at radius 1 is 1.11 bits per heavy atom. The molecule has 0 spiro atoms. The number of hydrogen-bond donors (Lipinski definition) is 1. The average Bonchev–Trinajstić information content (AvgIpc) is 2.95. The number of H-pyrrole nitrogens is 1. The number of fused-ring (bicyclic) bond motifs is 1. The molecule has 1 saturated heterocycles. The number of carbonyl (C=O) groups excluding carboxylic acids is 2. The SMILES string of the molecule is CC(C)(C)OC(=O)N1CCN(C(=O)Cc2n[nH]c3cc(Cl)c(Cl)cc23)CC1. The third kappa shape index (κ3) is 4.65. The molecule has 2 heterocycles. The van der Waals surface area contributed by atoms with E-state index in [2.05, 4.69) is 10.2 Å². The number of hydrogen-bond acceptors (Lipinski definition) is 4. The number of carbonyl (C=O) groups is 2. The van der Waals surface area contributed by atoms with Crippen LogP contribution in [0.25, 0.3) is 10.9 Å². The van der Waals surface area contributed by atoms with Crippen LogP contribution >= 0.6 is 23.2 Å². The van der Waals surface area contributed by atoms with Crippen LogP contribution in [0.15, 0.2) is 12.1 Å². The molecule has 1 aliphatic heterocycles. The van der Waals surface area contributed by atoms with Crippen LogP contribution in [0, 0.1) is 0 Å². The van der Waals surface area contributed by atoms with Gasteiger partial charge in [0.25, 0.3) is 0 Å². The molecule has 1 aromatic carbocycles. The second-order valence-electron chi connectivity index (χ2n) is 7.51. The molecule has 27 heavy (non-hydrogen) atoms. The molecule has 0 saturated carbocycles. The van der Waals surface area contributed by atoms with E-state index in [4.69, 9.17) is 27.9 Å². The quantitative estimate of drug-likeness (QED) is 0.818. The number of halogens is 2. The predicted octanol–water partition coefficient (Wildman–Crippen LogP) is 3.49. The molecule has 2 aromatic rings. The Balaban J connectivity index is 1.60. The normalized spacial score (nSPS) is 15.3. The smallest absolute Gasteiger partial charge is 0.410 e. The van der Waals surface area contributed by atoms with Crippen molar-refractivity contribution in [2.75, 3.05) is 26.2 Å². The zero-order chi connectivity index (χ0) is 19.8. The van der Waals surface area contributed by atoms with Gasteiger partial charge in [0.1, 0.15) is 5.60 Å². The summed E-state index contributed by atoms with van der Waals surface area (Å²) in [5, 5.41) is 8.73. The summed E-state index contributed by atoms with van der Waals surface area (Å²) >= 11 is 12.1. The number of benzene rings is 1. The molecule has 0 radical (unpaired) electrons. The van der Waals surface area contributed by atoms with Crippen LogP contribution in [0.5, 0.6) is 0 Å². The fourth-order valence-corrected chi connectivity index (χ4v) is 3.25. The van der Waals surface area contributed by atoms with E-state index in [1.165, 1.54) is 0 Å². The molecule has 1 N–H and O–H groups in total. The molecule has 0 bridgehead atoms. The van der Waals surface area contributed by atoms with E-state index in [1.807, 2.05) is 20.8 Å². The zero-order valence-electron chi connectivity index (χ0n) is 15.5. The summed E-state index contributed by atoms with van der Waals surface area (Å²) in [4.78, 5) is 28.1. The van der Waals surface area contributed by atoms with Crippen LogP contribution in [-0.2, 0) is 16.0 Å². The molecule has 0 unspecified atom stereocenters. The van der Waals surface area contributed by atoms with Crippen molar-refractivity contribution in [2.45, 2.75) is 32.8 Å². The van der Waals surface area contributed by atoms with Gasteiger partial charge in [-0.3, -0.25) is 9.89 Å². The summed E-state index contributed by atoms with van der Waals surface area (Å²) in [6.07, 6.45) is -0.191. The molecule has 1 aliphatic rings. The third-order valence-corrected chi connectivity index (χ3v) is 5.01. The summed E-state index contributed by atoms with van der Waals surface area (Å²) in [7, 11) is 0. The maximum atomic E-state index is 12.6. The Bertz CT molecular complexity index is 867. The number of nitrogens with one attached hydrogen (secondary N) is 1. The Morgan fingerprint density at radius 2 is 1.70 bits per heavy atom. The van der Waals surface area contributed by atoms with Crippen molar-refractivity contribution in [3.8, 4) is 0 Å². The second kappa shape index (κ2) is 7.56. The van der Waals surface area contributed by atoms with Crippen molar-refractivity contribution < 1.29 is 14.3 Å². The zero-order valence-corrected chi connectivity index (χ0v) is 17.0. The van der Waals surface area contributed by atoms with Gasteiger partial charge in [0.2, 0.25) is 5.91 Å². The van der Waals surface area contributed by atoms with Gasteiger partial charge in [-0.05, 0) is 32.9 Å². The second-order valence-corrected chi connectivity index (χ2v) is 8.32. The third-order valence-electron chi connectivity index (χ3n) is 4.29. The van der Waals surface area contributed by atoms with Crippen LogP contribution in [0.1, 0.15) is 26.5 Å². The van der Waals surface area contributed by atoms with Gasteiger partial charge < -0.3 is 14.5 Å². The Kier molecular flexibility index (Phi) is 5.53. The minimum absolute atomic E-state index is 0.0432. The lowest BCUT2D eigenvalue weighted by molar-refractivity contribution is -0.132. The molecule has 146 valence electrons. The number of piperazine rings is 1. The van der Waals surface area contributed by atoms with E-state index in [9.17, 15) is 9.59 Å². The van der Waals surface area contributed by atoms with Gasteiger partial charge in [-0.15, -0.1) is 0 Å². The number of aromatic nitrogens is 2. The van der Waals surface area contributed by atoms with Crippen LogP contribution in [0.4, 0.5) is 4.79 Å². The number of amides is 2. The molecule has 7 nitrogen and oxygen atoms in total. The van der Waals surface area contributed by atoms with Gasteiger partial charge >= 0.3 is 6.09 Å². The van der Waals surface area contributed by atoms with Gasteiger partial charge in [0.15, 0.2) is 0 Å². The molecule has 9 heteroatoms. The summed E-state index contributed by atoms with van der Waals surface area (Å²) in [6, 6.07) is 3.41. The highest BCUT2D eigenvalue weighted by molar-refractivity contribution is 6.42. The highest BCUT2D eigenvalue weighted by Crippen LogP contribution is 2.28. The highest BCUT2D eigenvalue weighted by Gasteiger charge is 2.28. The highest BCUT2D eigenvalue weighted by atomic mass is 35.5. The van der Waals surface area contributed by atoms with Gasteiger partial charge in [-0.25, -0.2) is 4.79 Å². The molecule has 0 aliphatic carbocycles. The fourth-order valence-electron chi connectivity index (χ4n) is 2.92. The first kappa shape index (κ1) is 19.8. The summed E-state index contributed by atoms with van der Waals surface area (Å²) in [6.45, 7) is 7.32. The molecular formula is C18H22Cl2N4O3. The monoisotopic (exact) mass is 412 g/mol. The number of aromatic amines is 1. The number of rotatable bonds is 2. The maximum absolute atomic E-state index is 12.6. The van der Waals surface area contributed by atoms with E-state index in [0.29, 0.717) is 41.9 Å². The van der Waals surface area contributed by atoms with Crippen molar-refractivity contribution >= 4 is 46.1 Å². The average molecular weight is 413 g/mol. The van der Waals surface area contributed by atoms with E-state index in [0.717, 1.165) is 10.9 Å². The van der Waals surface area contributed by atoms with Crippen molar-refractivity contribution in [1.82, 2.24) is 20.0 Å². The topological polar surface area (TPSA) is 78.5 Å². The van der Waals surface area contributed by atoms with Gasteiger partial charge in [-0.1, -0.05) is 23.2 Å². The van der Waals surface area contributed by atoms with E-state index in [1.54, 1.807) is 21.9 Å². The Hall–Kier alpha value is -1.99. The summed E-state index contributed by atoms with van der Waals surface area (Å²) in [5.41, 5.74) is 0.833. The minimum atomic E-state index is -0.533. The van der Waals surface area contributed by atoms with Crippen LogP contribution in [0.2, 0.25) is 10.0 Å². The van der Waals surface area contributed by atoms with Crippen LogP contribution in [-0.4, -0.2) is 63.8 Å². The lowest BCUT2D eigenvalue weighted by Gasteiger charge is -2.35. The first-order valence-corrected chi connectivity index (χ1v) is 9.47. The van der Waals surface area contributed by atoms with E-state index in [-0.39, 0.29) is 18.4 Å². The standard InChI is InChI=1S/C18H22Cl2N4O3/c1-18(2,3)27-17(26)24-6-4-23(5-7-24)16(25)10-15-11-8-12(19)13(20)9-14(11)21-22-15/h8-9H,4-7,10H2,1-3H3,(H,21,22). The summed E-state index contributed by atoms with van der Waals surface area (Å²) < 4.78 is 5.37. The van der Waals surface area contributed by atoms with E-state index < -0.39 is 5.60 Å². The van der Waals surface area contributed by atoms with E-state index >= 15 is 0 Å². The number of ether oxygens (including phenoxy) is 1. The van der Waals surface area contributed by atoms with Crippen molar-refractivity contribution in [3.63, 3.8) is 0 Å². The molecule has 0 atom stereocenters. The Labute approximate surface area is 167 Å². The van der Waals surface area contributed by atoms with Crippen molar-refractivity contribution in [2.24, 2.45) is 0 Å². The first-order chi connectivity index (χ1) is 12.6. The van der Waals surface area contributed by atoms with Gasteiger partial charge in [0.05, 0.1) is 27.7 Å². The molecule has 3 rings (SSSR count). The fraction of sp³-hybridized carbons (Fsp3) is 0.500. The maximum Gasteiger partial charge on any atom is 0.410 e. The van der Waals surface area contributed by atoms with Crippen LogP contribution < -0.4 is 0 Å². The van der Waals surface area contributed by atoms with Crippen molar-refractivity contribution in [1.29, 1.82) is 0 Å². The molecule has 2 amide bonds. The molecule has 1 aromatic heterocycles. The molecule has 1 fully saturated rings. The van der Waals surface area contributed by atoms with Gasteiger partial charge in [-0.2, -0.15) is 5.10 Å². The predicted molar refractivity (Wildman–Crippen MR) is 104 cm³/mol. The first-order valence-electron chi connectivity index (χ1n) is 8.72. The minimum Gasteiger partial charge on any atom is -0.444 e. The molecular weight excluding hydrogens is 391 g/mol.